The number of rotatable bonds is 8. The first-order chi connectivity index (χ1) is 13.8. The van der Waals surface area contributed by atoms with Crippen molar-refractivity contribution in [3.63, 3.8) is 0 Å². The van der Waals surface area contributed by atoms with Gasteiger partial charge in [-0.2, -0.15) is 0 Å². The minimum Gasteiger partial charge on any atom is -0.356 e. The molecule has 156 valence electrons. The van der Waals surface area contributed by atoms with E-state index in [1.54, 1.807) is 0 Å². The molecule has 2 heterocycles. The molecule has 3 rings (SSSR count). The minimum atomic E-state index is 0.771. The van der Waals surface area contributed by atoms with Crippen LogP contribution in [0.15, 0.2) is 23.3 Å². The highest BCUT2D eigenvalue weighted by atomic mass is 15.3. The Labute approximate surface area is 170 Å². The van der Waals surface area contributed by atoms with Gasteiger partial charge in [0.15, 0.2) is 5.96 Å². The van der Waals surface area contributed by atoms with Crippen LogP contribution in [0, 0.1) is 5.92 Å². The lowest BCUT2D eigenvalue weighted by atomic mass is 10.0. The predicted octanol–water partition coefficient (Wildman–Crippen LogP) is 2.86. The first-order valence-electron chi connectivity index (χ1n) is 11.1. The molecule has 0 atom stereocenters. The van der Waals surface area contributed by atoms with Gasteiger partial charge in [0.05, 0.1) is 0 Å². The van der Waals surface area contributed by atoms with Crippen LogP contribution in [0.4, 0.5) is 5.82 Å². The first kappa shape index (κ1) is 20.9. The molecule has 1 aromatic heterocycles. The van der Waals surface area contributed by atoms with E-state index in [-0.39, 0.29) is 0 Å². The molecule has 2 N–H and O–H groups in total. The summed E-state index contributed by atoms with van der Waals surface area (Å²) in [6, 6.07) is 4.30. The van der Waals surface area contributed by atoms with E-state index in [1.165, 1.54) is 44.1 Å². The van der Waals surface area contributed by atoms with Gasteiger partial charge in [0.1, 0.15) is 5.82 Å². The third-order valence-corrected chi connectivity index (χ3v) is 6.19. The smallest absolute Gasteiger partial charge is 0.191 e. The molecule has 6 heteroatoms. The molecule has 0 bridgehead atoms. The molecule has 0 spiro atoms. The van der Waals surface area contributed by atoms with Gasteiger partial charge in [-0.25, -0.2) is 4.98 Å². The number of aliphatic imine (C=N–C) groups is 1. The van der Waals surface area contributed by atoms with Crippen LogP contribution in [0.25, 0.3) is 0 Å². The molecular weight excluding hydrogens is 348 g/mol. The fourth-order valence-corrected chi connectivity index (χ4v) is 4.34. The lowest BCUT2D eigenvalue weighted by Gasteiger charge is -2.34. The zero-order valence-electron chi connectivity index (χ0n) is 17.8. The topological polar surface area (TPSA) is 55.8 Å². The lowest BCUT2D eigenvalue weighted by molar-refractivity contribution is 0.270. The average Bonchev–Trinajstić information content (AvgIpc) is 3.27. The van der Waals surface area contributed by atoms with Gasteiger partial charge in [-0.05, 0) is 43.0 Å². The molecule has 0 amide bonds. The standard InChI is InChI=1S/C22H38N6/c1-3-27-13-15-28(16-14-27)21-17-20(10-12-24-21)18-26-22(23-2)25-11-6-9-19-7-4-5-8-19/h10,12,17,19H,3-9,11,13-16,18H2,1-2H3,(H2,23,25,26). The van der Waals surface area contributed by atoms with Gasteiger partial charge < -0.3 is 20.4 Å². The van der Waals surface area contributed by atoms with E-state index in [9.17, 15) is 0 Å². The molecule has 1 saturated heterocycles. The number of nitrogens with one attached hydrogen (secondary N) is 2. The summed E-state index contributed by atoms with van der Waals surface area (Å²) in [5, 5.41) is 6.91. The van der Waals surface area contributed by atoms with Crippen LogP contribution in [0.5, 0.6) is 0 Å². The van der Waals surface area contributed by atoms with Gasteiger partial charge in [0.2, 0.25) is 0 Å². The fourth-order valence-electron chi connectivity index (χ4n) is 4.34. The largest absolute Gasteiger partial charge is 0.356 e. The van der Waals surface area contributed by atoms with Crippen LogP contribution in [-0.2, 0) is 6.54 Å². The summed E-state index contributed by atoms with van der Waals surface area (Å²) in [5.74, 6) is 2.95. The Morgan fingerprint density at radius 2 is 1.96 bits per heavy atom. The van der Waals surface area contributed by atoms with E-state index >= 15 is 0 Å². The Morgan fingerprint density at radius 3 is 2.68 bits per heavy atom. The third-order valence-electron chi connectivity index (χ3n) is 6.19. The van der Waals surface area contributed by atoms with Gasteiger partial charge in [-0.3, -0.25) is 4.99 Å². The monoisotopic (exact) mass is 386 g/mol. The Bertz CT molecular complexity index is 603. The summed E-state index contributed by atoms with van der Waals surface area (Å²) in [6.07, 6.45) is 10.2. The molecule has 1 aromatic rings. The van der Waals surface area contributed by atoms with E-state index in [2.05, 4.69) is 49.5 Å². The Morgan fingerprint density at radius 1 is 1.18 bits per heavy atom. The SMILES string of the molecule is CCN1CCN(c2cc(CNC(=NC)NCCCC3CCCC3)ccn2)CC1. The highest BCUT2D eigenvalue weighted by Gasteiger charge is 2.17. The summed E-state index contributed by atoms with van der Waals surface area (Å²) in [5.41, 5.74) is 1.25. The molecule has 1 aliphatic carbocycles. The van der Waals surface area contributed by atoms with Crippen molar-refractivity contribution in [2.45, 2.75) is 52.0 Å². The van der Waals surface area contributed by atoms with Gasteiger partial charge in [0.25, 0.3) is 0 Å². The molecule has 6 nitrogen and oxygen atoms in total. The molecule has 28 heavy (non-hydrogen) atoms. The van der Waals surface area contributed by atoms with Crippen molar-refractivity contribution in [3.05, 3.63) is 23.9 Å². The average molecular weight is 387 g/mol. The van der Waals surface area contributed by atoms with Gasteiger partial charge in [-0.15, -0.1) is 0 Å². The third kappa shape index (κ3) is 6.36. The van der Waals surface area contributed by atoms with Crippen molar-refractivity contribution in [2.75, 3.05) is 51.2 Å². The number of hydrogen-bond donors (Lipinski definition) is 2. The van der Waals surface area contributed by atoms with Crippen LogP contribution in [-0.4, -0.2) is 62.2 Å². The van der Waals surface area contributed by atoms with E-state index in [0.29, 0.717) is 0 Å². The molecule has 0 aromatic carbocycles. The normalized spacial score (nSPS) is 19.2. The van der Waals surface area contributed by atoms with Crippen LogP contribution < -0.4 is 15.5 Å². The van der Waals surface area contributed by atoms with Crippen LogP contribution in [0.3, 0.4) is 0 Å². The first-order valence-corrected chi connectivity index (χ1v) is 11.1. The number of guanidine groups is 1. The van der Waals surface area contributed by atoms with Gasteiger partial charge >= 0.3 is 0 Å². The van der Waals surface area contributed by atoms with Crippen molar-refractivity contribution >= 4 is 11.8 Å². The molecule has 0 radical (unpaired) electrons. The second-order valence-corrected chi connectivity index (χ2v) is 8.09. The predicted molar refractivity (Wildman–Crippen MR) is 118 cm³/mol. The molecule has 2 aliphatic rings. The minimum absolute atomic E-state index is 0.771. The van der Waals surface area contributed by atoms with Crippen LogP contribution >= 0.6 is 0 Å². The molecule has 1 saturated carbocycles. The second-order valence-electron chi connectivity index (χ2n) is 8.09. The van der Waals surface area contributed by atoms with Crippen molar-refractivity contribution in [3.8, 4) is 0 Å². The van der Waals surface area contributed by atoms with Gasteiger partial charge in [-0.1, -0.05) is 32.6 Å². The van der Waals surface area contributed by atoms with E-state index in [4.69, 9.17) is 0 Å². The number of likely N-dealkylation sites (N-methyl/N-ethyl adjacent to an activating group) is 1. The summed E-state index contributed by atoms with van der Waals surface area (Å²) in [6.45, 7) is 9.50. The number of hydrogen-bond acceptors (Lipinski definition) is 4. The number of anilines is 1. The number of pyridine rings is 1. The Hall–Kier alpha value is -1.82. The fraction of sp³-hybridized carbons (Fsp3) is 0.727. The maximum absolute atomic E-state index is 4.59. The summed E-state index contributed by atoms with van der Waals surface area (Å²) in [4.78, 5) is 13.8. The molecule has 0 unspecified atom stereocenters. The maximum atomic E-state index is 4.59. The maximum Gasteiger partial charge on any atom is 0.191 e. The number of piperazine rings is 1. The Kier molecular flexibility index (Phi) is 8.40. The summed E-state index contributed by atoms with van der Waals surface area (Å²) >= 11 is 0. The van der Waals surface area contributed by atoms with Crippen molar-refractivity contribution in [1.82, 2.24) is 20.5 Å². The molecular formula is C22H38N6. The van der Waals surface area contributed by atoms with Crippen LogP contribution in [0.1, 0.15) is 51.0 Å². The van der Waals surface area contributed by atoms with Crippen LogP contribution in [0.2, 0.25) is 0 Å². The highest BCUT2D eigenvalue weighted by Crippen LogP contribution is 2.28. The van der Waals surface area contributed by atoms with E-state index in [0.717, 1.165) is 63.5 Å². The number of nitrogens with zero attached hydrogens (tertiary/aromatic N) is 4. The van der Waals surface area contributed by atoms with Gasteiger partial charge in [0, 0.05) is 52.5 Å². The highest BCUT2D eigenvalue weighted by molar-refractivity contribution is 5.79. The molecule has 1 aliphatic heterocycles. The van der Waals surface area contributed by atoms with E-state index < -0.39 is 0 Å². The second kappa shape index (κ2) is 11.2. The quantitative estimate of drug-likeness (QED) is 0.409. The van der Waals surface area contributed by atoms with Crippen molar-refractivity contribution in [1.29, 1.82) is 0 Å². The van der Waals surface area contributed by atoms with E-state index in [1.807, 2.05) is 13.2 Å². The zero-order chi connectivity index (χ0) is 19.6. The van der Waals surface area contributed by atoms with Crippen molar-refractivity contribution in [2.24, 2.45) is 10.9 Å². The number of aromatic nitrogens is 1. The summed E-state index contributed by atoms with van der Waals surface area (Å²) in [7, 11) is 1.84. The summed E-state index contributed by atoms with van der Waals surface area (Å²) < 4.78 is 0. The van der Waals surface area contributed by atoms with Crippen molar-refractivity contribution < 1.29 is 0 Å². The Balaban J connectivity index is 1.40. The lowest BCUT2D eigenvalue weighted by Crippen LogP contribution is -2.46. The molecule has 2 fully saturated rings. The zero-order valence-corrected chi connectivity index (χ0v) is 17.8.